The molecule has 0 saturated heterocycles. The van der Waals surface area contributed by atoms with Crippen LogP contribution in [0.2, 0.25) is 0 Å². The Kier molecular flexibility index (Phi) is 7.54. The predicted octanol–water partition coefficient (Wildman–Crippen LogP) is 6.38. The van der Waals surface area contributed by atoms with Gasteiger partial charge >= 0.3 is 0 Å². The molecule has 0 amide bonds. The molecule has 0 bridgehead atoms. The second-order valence-corrected chi connectivity index (χ2v) is 6.20. The van der Waals surface area contributed by atoms with Crippen LogP contribution in [0, 0.1) is 0 Å². The summed E-state index contributed by atoms with van der Waals surface area (Å²) in [5, 5.41) is 0. The number of hydrogen-bond donors (Lipinski definition) is 0. The third-order valence-electron chi connectivity index (χ3n) is 4.08. The van der Waals surface area contributed by atoms with E-state index in [1.807, 2.05) is 12.1 Å². The summed E-state index contributed by atoms with van der Waals surface area (Å²) < 4.78 is 18.2. The summed E-state index contributed by atoms with van der Waals surface area (Å²) in [7, 11) is 0. The van der Waals surface area contributed by atoms with Gasteiger partial charge in [0.25, 0.3) is 0 Å². The molecule has 1 atom stereocenters. The highest BCUT2D eigenvalue weighted by Crippen LogP contribution is 2.23. The van der Waals surface area contributed by atoms with Gasteiger partial charge in [-0.15, -0.1) is 0 Å². The maximum absolute atomic E-state index is 12.7. The van der Waals surface area contributed by atoms with Crippen molar-refractivity contribution in [2.45, 2.75) is 45.2 Å². The quantitative estimate of drug-likeness (QED) is 0.363. The lowest BCUT2D eigenvalue weighted by Crippen LogP contribution is -1.93. The first kappa shape index (κ1) is 18.3. The topological polar surface area (TPSA) is 9.23 Å². The minimum absolute atomic E-state index is 0.526. The van der Waals surface area contributed by atoms with Gasteiger partial charge in [-0.3, -0.25) is 0 Å². The number of halogens is 1. The molecule has 0 aromatic heterocycles. The Balaban J connectivity index is 1.83. The number of aryl methyl sites for hydroxylation is 1. The molecule has 0 radical (unpaired) electrons. The van der Waals surface area contributed by atoms with E-state index in [1.165, 1.54) is 16.7 Å². The van der Waals surface area contributed by atoms with Crippen LogP contribution in [-0.4, -0.2) is 12.8 Å². The van der Waals surface area contributed by atoms with Crippen molar-refractivity contribution in [1.82, 2.24) is 0 Å². The van der Waals surface area contributed by atoms with Gasteiger partial charge in [0.05, 0.1) is 6.17 Å². The highest BCUT2D eigenvalue weighted by atomic mass is 19.1. The normalized spacial score (nSPS) is 11.9. The van der Waals surface area contributed by atoms with Crippen LogP contribution >= 0.6 is 0 Å². The molecular formula is C22H27FO. The van der Waals surface area contributed by atoms with Gasteiger partial charge in [-0.1, -0.05) is 61.9 Å². The Hall–Kier alpha value is -2.09. The van der Waals surface area contributed by atoms with Crippen molar-refractivity contribution in [1.29, 1.82) is 0 Å². The van der Waals surface area contributed by atoms with Crippen molar-refractivity contribution in [2.24, 2.45) is 0 Å². The van der Waals surface area contributed by atoms with Crippen molar-refractivity contribution in [3.63, 3.8) is 0 Å². The molecule has 24 heavy (non-hydrogen) atoms. The van der Waals surface area contributed by atoms with Crippen LogP contribution in [0.4, 0.5) is 4.39 Å². The summed E-state index contributed by atoms with van der Waals surface area (Å²) in [6, 6.07) is 16.8. The van der Waals surface area contributed by atoms with Gasteiger partial charge in [0.2, 0.25) is 0 Å². The first-order chi connectivity index (χ1) is 11.7. The number of unbranched alkanes of at least 4 members (excludes halogenated alkanes) is 2. The minimum atomic E-state index is -0.669. The molecule has 0 aliphatic carbocycles. The Bertz CT molecular complexity index is 599. The molecule has 0 saturated carbocycles. The van der Waals surface area contributed by atoms with Crippen molar-refractivity contribution >= 4 is 0 Å². The largest absolute Gasteiger partial charge is 0.490 e. The van der Waals surface area contributed by atoms with Crippen molar-refractivity contribution in [2.75, 3.05) is 6.61 Å². The number of alkyl halides is 1. The van der Waals surface area contributed by atoms with Crippen molar-refractivity contribution in [3.05, 3.63) is 66.7 Å². The summed E-state index contributed by atoms with van der Waals surface area (Å²) in [5.41, 5.74) is 3.74. The molecule has 0 spiro atoms. The van der Waals surface area contributed by atoms with Gasteiger partial charge in [0.1, 0.15) is 12.4 Å². The van der Waals surface area contributed by atoms with Gasteiger partial charge in [-0.25, -0.2) is 4.39 Å². The summed E-state index contributed by atoms with van der Waals surface area (Å²) in [6.07, 6.45) is 6.03. The Labute approximate surface area is 145 Å². The molecule has 1 nitrogen and oxygen atoms in total. The van der Waals surface area contributed by atoms with E-state index in [0.29, 0.717) is 13.0 Å². The SMILES string of the molecule is C=CCOc1ccc(-c2ccc(CCCCCC(C)F)cc2)cc1. The first-order valence-corrected chi connectivity index (χ1v) is 8.76. The average Bonchev–Trinajstić information content (AvgIpc) is 2.60. The van der Waals surface area contributed by atoms with E-state index in [4.69, 9.17) is 4.74 Å². The zero-order chi connectivity index (χ0) is 17.2. The maximum atomic E-state index is 12.7. The number of rotatable bonds is 10. The molecule has 0 heterocycles. The Morgan fingerprint density at radius 1 is 0.958 bits per heavy atom. The molecule has 2 heteroatoms. The number of benzene rings is 2. The number of hydrogen-bond acceptors (Lipinski definition) is 1. The molecule has 128 valence electrons. The minimum Gasteiger partial charge on any atom is -0.490 e. The van der Waals surface area contributed by atoms with Crippen molar-refractivity contribution < 1.29 is 9.13 Å². The molecule has 2 aromatic carbocycles. The van der Waals surface area contributed by atoms with E-state index in [1.54, 1.807) is 13.0 Å². The predicted molar refractivity (Wildman–Crippen MR) is 100 cm³/mol. The summed E-state index contributed by atoms with van der Waals surface area (Å²) in [6.45, 7) is 5.81. The molecule has 0 aliphatic rings. The van der Waals surface area contributed by atoms with E-state index in [0.717, 1.165) is 31.4 Å². The first-order valence-electron chi connectivity index (χ1n) is 8.76. The molecule has 0 aliphatic heterocycles. The van der Waals surface area contributed by atoms with Crippen LogP contribution in [-0.2, 0) is 6.42 Å². The number of ether oxygens (including phenoxy) is 1. The average molecular weight is 326 g/mol. The molecule has 1 unspecified atom stereocenters. The van der Waals surface area contributed by atoms with Gasteiger partial charge in [-0.2, -0.15) is 0 Å². The van der Waals surface area contributed by atoms with Gasteiger partial charge in [0, 0.05) is 0 Å². The Morgan fingerprint density at radius 2 is 1.58 bits per heavy atom. The maximum Gasteiger partial charge on any atom is 0.119 e. The lowest BCUT2D eigenvalue weighted by Gasteiger charge is -2.07. The van der Waals surface area contributed by atoms with Crippen LogP contribution in [0.25, 0.3) is 11.1 Å². The van der Waals surface area contributed by atoms with Gasteiger partial charge in [0.15, 0.2) is 0 Å². The van der Waals surface area contributed by atoms with E-state index < -0.39 is 6.17 Å². The zero-order valence-corrected chi connectivity index (χ0v) is 14.5. The van der Waals surface area contributed by atoms with E-state index in [2.05, 4.69) is 43.0 Å². The lowest BCUT2D eigenvalue weighted by molar-refractivity contribution is 0.330. The second-order valence-electron chi connectivity index (χ2n) is 6.20. The van der Waals surface area contributed by atoms with Gasteiger partial charge < -0.3 is 4.74 Å². The standard InChI is InChI=1S/C22H27FO/c1-3-17-24-22-15-13-21(14-16-22)20-11-9-19(10-12-20)8-6-4-5-7-18(2)23/h3,9-16,18H,1,4-8,17H2,2H3. The smallest absolute Gasteiger partial charge is 0.119 e. The van der Waals surface area contributed by atoms with Crippen LogP contribution in [0.5, 0.6) is 5.75 Å². The van der Waals surface area contributed by atoms with Crippen LogP contribution < -0.4 is 4.74 Å². The van der Waals surface area contributed by atoms with Crippen LogP contribution in [0.1, 0.15) is 38.2 Å². The summed E-state index contributed by atoms with van der Waals surface area (Å²) >= 11 is 0. The van der Waals surface area contributed by atoms with E-state index >= 15 is 0 Å². The monoisotopic (exact) mass is 326 g/mol. The van der Waals surface area contributed by atoms with E-state index in [-0.39, 0.29) is 0 Å². The Morgan fingerprint density at radius 3 is 2.17 bits per heavy atom. The zero-order valence-electron chi connectivity index (χ0n) is 14.5. The second kappa shape index (κ2) is 9.92. The van der Waals surface area contributed by atoms with E-state index in [9.17, 15) is 4.39 Å². The lowest BCUT2D eigenvalue weighted by atomic mass is 10.0. The highest BCUT2D eigenvalue weighted by molar-refractivity contribution is 5.64. The summed E-state index contributed by atoms with van der Waals surface area (Å²) in [5.74, 6) is 0.859. The van der Waals surface area contributed by atoms with Gasteiger partial charge in [-0.05, 0) is 55.0 Å². The highest BCUT2D eigenvalue weighted by Gasteiger charge is 2.01. The summed E-state index contributed by atoms with van der Waals surface area (Å²) in [4.78, 5) is 0. The van der Waals surface area contributed by atoms with Crippen LogP contribution in [0.3, 0.4) is 0 Å². The third-order valence-corrected chi connectivity index (χ3v) is 4.08. The fourth-order valence-corrected chi connectivity index (χ4v) is 2.69. The molecule has 0 N–H and O–H groups in total. The molecule has 0 fully saturated rings. The molecule has 2 rings (SSSR count). The third kappa shape index (κ3) is 6.19. The fraction of sp³-hybridized carbons (Fsp3) is 0.364. The molecule has 2 aromatic rings. The fourth-order valence-electron chi connectivity index (χ4n) is 2.69. The molecular weight excluding hydrogens is 299 g/mol. The van der Waals surface area contributed by atoms with Crippen LogP contribution in [0.15, 0.2) is 61.2 Å². The van der Waals surface area contributed by atoms with Crippen molar-refractivity contribution in [3.8, 4) is 16.9 Å².